The number of H-pyrrole nitrogens is 1. The molecule has 0 amide bonds. The van der Waals surface area contributed by atoms with Crippen molar-refractivity contribution in [3.8, 4) is 0 Å². The summed E-state index contributed by atoms with van der Waals surface area (Å²) in [6.07, 6.45) is 11.2. The highest BCUT2D eigenvalue weighted by atomic mass is 35.5. The zero-order chi connectivity index (χ0) is 14.1. The molecule has 0 saturated carbocycles. The third kappa shape index (κ3) is 6.10. The van der Waals surface area contributed by atoms with Crippen LogP contribution in [0.1, 0.15) is 58.3 Å². The van der Waals surface area contributed by atoms with Crippen LogP contribution in [-0.4, -0.2) is 9.55 Å². The lowest BCUT2D eigenvalue weighted by Gasteiger charge is -2.05. The zero-order valence-electron chi connectivity index (χ0n) is 11.6. The molecule has 5 heteroatoms. The Morgan fingerprint density at radius 1 is 1.05 bits per heavy atom. The van der Waals surface area contributed by atoms with Gasteiger partial charge in [-0.05, 0) is 6.42 Å². The lowest BCUT2D eigenvalue weighted by molar-refractivity contribution is 0.532. The average molecular weight is 287 g/mol. The summed E-state index contributed by atoms with van der Waals surface area (Å²) >= 11 is 5.69. The third-order valence-corrected chi connectivity index (χ3v) is 3.49. The van der Waals surface area contributed by atoms with Crippen LogP contribution in [0.5, 0.6) is 0 Å². The van der Waals surface area contributed by atoms with Crippen LogP contribution in [0, 0.1) is 0 Å². The standard InChI is InChI=1S/C14H23ClN2O2/c1-2-3-4-5-6-7-8-9-10-17-11-12(15)13(18)16-14(17)19/h11H,2-10H2,1H3,(H,16,18,19). The molecule has 0 unspecified atom stereocenters. The van der Waals surface area contributed by atoms with Gasteiger partial charge < -0.3 is 0 Å². The predicted molar refractivity (Wildman–Crippen MR) is 78.9 cm³/mol. The summed E-state index contributed by atoms with van der Waals surface area (Å²) in [6, 6.07) is 0. The van der Waals surface area contributed by atoms with Crippen molar-refractivity contribution in [1.82, 2.24) is 9.55 Å². The summed E-state index contributed by atoms with van der Waals surface area (Å²) in [5.41, 5.74) is -0.892. The molecule has 1 aromatic heterocycles. The number of aromatic nitrogens is 2. The minimum Gasteiger partial charge on any atom is -0.299 e. The molecular formula is C14H23ClN2O2. The summed E-state index contributed by atoms with van der Waals surface area (Å²) in [7, 11) is 0. The van der Waals surface area contributed by atoms with E-state index in [0.717, 1.165) is 12.8 Å². The van der Waals surface area contributed by atoms with Crippen LogP contribution in [-0.2, 0) is 6.54 Å². The third-order valence-electron chi connectivity index (χ3n) is 3.22. The molecule has 19 heavy (non-hydrogen) atoms. The second-order valence-corrected chi connectivity index (χ2v) is 5.31. The lowest BCUT2D eigenvalue weighted by atomic mass is 10.1. The highest BCUT2D eigenvalue weighted by molar-refractivity contribution is 6.30. The molecule has 0 bridgehead atoms. The average Bonchev–Trinajstić information content (AvgIpc) is 2.38. The van der Waals surface area contributed by atoms with Gasteiger partial charge in [-0.25, -0.2) is 4.79 Å². The van der Waals surface area contributed by atoms with Gasteiger partial charge in [0.2, 0.25) is 0 Å². The summed E-state index contributed by atoms with van der Waals surface area (Å²) < 4.78 is 1.47. The molecular weight excluding hydrogens is 264 g/mol. The van der Waals surface area contributed by atoms with Crippen molar-refractivity contribution >= 4 is 11.6 Å². The molecule has 4 nitrogen and oxygen atoms in total. The molecule has 0 aliphatic rings. The molecule has 1 rings (SSSR count). The molecule has 108 valence electrons. The Labute approximate surface area is 118 Å². The first kappa shape index (κ1) is 16.0. The van der Waals surface area contributed by atoms with Gasteiger partial charge in [0.15, 0.2) is 0 Å². The molecule has 0 atom stereocenters. The number of aromatic amines is 1. The Hall–Kier alpha value is -1.03. The van der Waals surface area contributed by atoms with E-state index >= 15 is 0 Å². The van der Waals surface area contributed by atoms with E-state index in [-0.39, 0.29) is 10.7 Å². The Morgan fingerprint density at radius 2 is 1.63 bits per heavy atom. The van der Waals surface area contributed by atoms with Gasteiger partial charge in [0.25, 0.3) is 5.56 Å². The number of hydrogen-bond acceptors (Lipinski definition) is 2. The van der Waals surface area contributed by atoms with Gasteiger partial charge in [-0.3, -0.25) is 14.3 Å². The van der Waals surface area contributed by atoms with Crippen molar-refractivity contribution in [2.24, 2.45) is 0 Å². The predicted octanol–water partition coefficient (Wildman–Crippen LogP) is 3.33. The first-order valence-electron chi connectivity index (χ1n) is 7.14. The first-order chi connectivity index (χ1) is 9.15. The van der Waals surface area contributed by atoms with Crippen LogP contribution in [0.15, 0.2) is 15.8 Å². The van der Waals surface area contributed by atoms with Gasteiger partial charge in [-0.2, -0.15) is 0 Å². The summed E-state index contributed by atoms with van der Waals surface area (Å²) in [4.78, 5) is 24.8. The van der Waals surface area contributed by atoms with E-state index < -0.39 is 5.56 Å². The molecule has 1 aromatic rings. The summed E-state index contributed by atoms with van der Waals surface area (Å²) in [6.45, 7) is 2.83. The SMILES string of the molecule is CCCCCCCCCCn1cc(Cl)c(=O)[nH]c1=O. The van der Waals surface area contributed by atoms with Crippen LogP contribution in [0.25, 0.3) is 0 Å². The molecule has 0 aliphatic heterocycles. The number of nitrogens with zero attached hydrogens (tertiary/aromatic N) is 1. The number of nitrogens with one attached hydrogen (secondary N) is 1. The Balaban J connectivity index is 2.21. The molecule has 0 aromatic carbocycles. The molecule has 0 spiro atoms. The molecule has 0 aliphatic carbocycles. The summed E-state index contributed by atoms with van der Waals surface area (Å²) in [5, 5.41) is 0.0687. The topological polar surface area (TPSA) is 54.9 Å². The van der Waals surface area contributed by atoms with Crippen LogP contribution >= 0.6 is 11.6 Å². The van der Waals surface area contributed by atoms with E-state index in [1.165, 1.54) is 49.3 Å². The number of hydrogen-bond donors (Lipinski definition) is 1. The first-order valence-corrected chi connectivity index (χ1v) is 7.52. The van der Waals surface area contributed by atoms with E-state index in [0.29, 0.717) is 6.54 Å². The number of aryl methyl sites for hydroxylation is 1. The number of halogens is 1. The number of unbranched alkanes of at least 4 members (excludes halogenated alkanes) is 7. The molecule has 0 saturated heterocycles. The minimum atomic E-state index is -0.515. The second-order valence-electron chi connectivity index (χ2n) is 4.90. The van der Waals surface area contributed by atoms with Gasteiger partial charge in [0, 0.05) is 12.7 Å². The van der Waals surface area contributed by atoms with Crippen molar-refractivity contribution in [1.29, 1.82) is 0 Å². The van der Waals surface area contributed by atoms with Crippen molar-refractivity contribution < 1.29 is 0 Å². The van der Waals surface area contributed by atoms with Crippen molar-refractivity contribution in [3.05, 3.63) is 32.1 Å². The van der Waals surface area contributed by atoms with E-state index in [4.69, 9.17) is 11.6 Å². The van der Waals surface area contributed by atoms with Gasteiger partial charge >= 0.3 is 5.69 Å². The fraction of sp³-hybridized carbons (Fsp3) is 0.714. The quantitative estimate of drug-likeness (QED) is 0.708. The Morgan fingerprint density at radius 3 is 2.26 bits per heavy atom. The maximum atomic E-state index is 11.5. The van der Waals surface area contributed by atoms with E-state index in [9.17, 15) is 9.59 Å². The van der Waals surface area contributed by atoms with Crippen LogP contribution < -0.4 is 11.2 Å². The molecule has 1 N–H and O–H groups in total. The van der Waals surface area contributed by atoms with Gasteiger partial charge in [-0.1, -0.05) is 63.5 Å². The van der Waals surface area contributed by atoms with Gasteiger partial charge in [-0.15, -0.1) is 0 Å². The highest BCUT2D eigenvalue weighted by Gasteiger charge is 2.01. The molecule has 0 radical (unpaired) electrons. The normalized spacial score (nSPS) is 10.8. The zero-order valence-corrected chi connectivity index (χ0v) is 12.3. The monoisotopic (exact) mass is 286 g/mol. The maximum absolute atomic E-state index is 11.5. The maximum Gasteiger partial charge on any atom is 0.328 e. The lowest BCUT2D eigenvalue weighted by Crippen LogP contribution is -2.29. The van der Waals surface area contributed by atoms with Crippen molar-refractivity contribution in [3.63, 3.8) is 0 Å². The molecule has 0 fully saturated rings. The van der Waals surface area contributed by atoms with E-state index in [1.807, 2.05) is 0 Å². The largest absolute Gasteiger partial charge is 0.328 e. The fourth-order valence-corrected chi connectivity index (χ4v) is 2.23. The Kier molecular flexibility index (Phi) is 7.56. The minimum absolute atomic E-state index is 0.0687. The van der Waals surface area contributed by atoms with Gasteiger partial charge in [0.05, 0.1) is 0 Å². The smallest absolute Gasteiger partial charge is 0.299 e. The van der Waals surface area contributed by atoms with E-state index in [1.54, 1.807) is 0 Å². The van der Waals surface area contributed by atoms with Crippen LogP contribution in [0.3, 0.4) is 0 Å². The number of rotatable bonds is 9. The summed E-state index contributed by atoms with van der Waals surface area (Å²) in [5.74, 6) is 0. The van der Waals surface area contributed by atoms with Gasteiger partial charge in [0.1, 0.15) is 5.02 Å². The van der Waals surface area contributed by atoms with Crippen LogP contribution in [0.4, 0.5) is 0 Å². The van der Waals surface area contributed by atoms with Crippen molar-refractivity contribution in [2.75, 3.05) is 0 Å². The second kappa shape index (κ2) is 8.97. The molecule has 1 heterocycles. The highest BCUT2D eigenvalue weighted by Crippen LogP contribution is 2.08. The van der Waals surface area contributed by atoms with Crippen molar-refractivity contribution in [2.45, 2.75) is 64.8 Å². The Bertz CT molecular complexity index is 479. The van der Waals surface area contributed by atoms with E-state index in [2.05, 4.69) is 11.9 Å². The fourth-order valence-electron chi connectivity index (χ4n) is 2.06. The van der Waals surface area contributed by atoms with Crippen LogP contribution in [0.2, 0.25) is 5.02 Å².